The van der Waals surface area contributed by atoms with Crippen LogP contribution in [-0.2, 0) is 6.42 Å². The number of hydrogen-bond donors (Lipinski definition) is 4. The van der Waals surface area contributed by atoms with Crippen molar-refractivity contribution < 1.29 is 39.6 Å². The number of hydrogen-bond acceptors (Lipinski definition) is 4. The number of benzene rings is 2. The first-order valence-corrected chi connectivity index (χ1v) is 6.76. The first-order chi connectivity index (χ1) is 11.2. The Labute approximate surface area is 134 Å². The molecular formula is C16H12O8. The number of aryl methyl sites for hydroxylation is 1. The van der Waals surface area contributed by atoms with E-state index in [1.54, 1.807) is 6.92 Å². The van der Waals surface area contributed by atoms with Crippen molar-refractivity contribution in [3.63, 3.8) is 0 Å². The number of aromatic carboxylic acids is 4. The van der Waals surface area contributed by atoms with E-state index in [-0.39, 0.29) is 12.0 Å². The molecule has 0 radical (unpaired) electrons. The maximum absolute atomic E-state index is 11.6. The molecule has 0 unspecified atom stereocenters. The highest BCUT2D eigenvalue weighted by Gasteiger charge is 2.27. The van der Waals surface area contributed by atoms with E-state index in [0.29, 0.717) is 0 Å². The molecule has 8 nitrogen and oxygen atoms in total. The summed E-state index contributed by atoms with van der Waals surface area (Å²) in [4.78, 5) is 46.1. The van der Waals surface area contributed by atoms with Gasteiger partial charge in [-0.2, -0.15) is 0 Å². The largest absolute Gasteiger partial charge is 0.478 e. The number of carbonyl (C=O) groups is 4. The van der Waals surface area contributed by atoms with Crippen molar-refractivity contribution in [2.45, 2.75) is 13.3 Å². The smallest absolute Gasteiger partial charge is 0.336 e. The molecule has 124 valence electrons. The average molecular weight is 332 g/mol. The lowest BCUT2D eigenvalue weighted by molar-refractivity contribution is 0.0675. The Balaban J connectivity index is 3.27. The summed E-state index contributed by atoms with van der Waals surface area (Å²) in [5.41, 5.74) is -1.69. The molecule has 2 aromatic rings. The summed E-state index contributed by atoms with van der Waals surface area (Å²) in [6.07, 6.45) is 0.133. The lowest BCUT2D eigenvalue weighted by Gasteiger charge is -2.15. The molecule has 2 aromatic carbocycles. The van der Waals surface area contributed by atoms with E-state index < -0.39 is 56.9 Å². The Bertz CT molecular complexity index is 910. The van der Waals surface area contributed by atoms with Gasteiger partial charge in [-0.05, 0) is 30.2 Å². The van der Waals surface area contributed by atoms with Crippen LogP contribution in [0.15, 0.2) is 18.2 Å². The van der Waals surface area contributed by atoms with Crippen LogP contribution in [-0.4, -0.2) is 44.3 Å². The predicted molar refractivity (Wildman–Crippen MR) is 81.2 cm³/mol. The summed E-state index contributed by atoms with van der Waals surface area (Å²) in [6.45, 7) is 1.58. The minimum Gasteiger partial charge on any atom is -0.478 e. The maximum Gasteiger partial charge on any atom is 0.336 e. The Morgan fingerprint density at radius 1 is 0.750 bits per heavy atom. The lowest BCUT2D eigenvalue weighted by Crippen LogP contribution is -2.13. The van der Waals surface area contributed by atoms with Crippen molar-refractivity contribution in [2.75, 3.05) is 0 Å². The second-order valence-corrected chi connectivity index (χ2v) is 4.94. The Morgan fingerprint density at radius 3 is 1.58 bits per heavy atom. The molecule has 8 heteroatoms. The quantitative estimate of drug-likeness (QED) is 0.651. The zero-order valence-electron chi connectivity index (χ0n) is 12.4. The van der Waals surface area contributed by atoms with E-state index in [0.717, 1.165) is 18.2 Å². The first kappa shape index (κ1) is 16.9. The molecule has 0 bridgehead atoms. The van der Waals surface area contributed by atoms with Gasteiger partial charge in [0.1, 0.15) is 0 Å². The van der Waals surface area contributed by atoms with E-state index in [2.05, 4.69) is 0 Å². The van der Waals surface area contributed by atoms with Crippen molar-refractivity contribution in [3.05, 3.63) is 46.0 Å². The van der Waals surface area contributed by atoms with Crippen LogP contribution in [0.3, 0.4) is 0 Å². The number of rotatable bonds is 5. The van der Waals surface area contributed by atoms with E-state index >= 15 is 0 Å². The van der Waals surface area contributed by atoms with Gasteiger partial charge in [0.15, 0.2) is 0 Å². The van der Waals surface area contributed by atoms with Crippen LogP contribution in [0.5, 0.6) is 0 Å². The molecule has 0 aliphatic rings. The highest BCUT2D eigenvalue weighted by molar-refractivity contribution is 6.22. The molecule has 0 saturated carbocycles. The fraction of sp³-hybridized carbons (Fsp3) is 0.125. The van der Waals surface area contributed by atoms with Gasteiger partial charge in [0.25, 0.3) is 0 Å². The maximum atomic E-state index is 11.6. The van der Waals surface area contributed by atoms with Crippen LogP contribution in [0.4, 0.5) is 0 Å². The van der Waals surface area contributed by atoms with Gasteiger partial charge < -0.3 is 20.4 Å². The second kappa shape index (κ2) is 5.99. The fourth-order valence-corrected chi connectivity index (χ4v) is 2.67. The first-order valence-electron chi connectivity index (χ1n) is 6.76. The predicted octanol–water partition coefficient (Wildman–Crippen LogP) is 2.19. The van der Waals surface area contributed by atoms with Gasteiger partial charge >= 0.3 is 23.9 Å². The lowest BCUT2D eigenvalue weighted by atomic mass is 9.87. The monoisotopic (exact) mass is 332 g/mol. The van der Waals surface area contributed by atoms with Crippen molar-refractivity contribution in [2.24, 2.45) is 0 Å². The van der Waals surface area contributed by atoms with E-state index in [1.165, 1.54) is 0 Å². The molecule has 0 spiro atoms. The summed E-state index contributed by atoms with van der Waals surface area (Å²) in [5.74, 6) is -5.90. The van der Waals surface area contributed by atoms with Gasteiger partial charge in [-0.1, -0.05) is 6.92 Å². The average Bonchev–Trinajstić information content (AvgIpc) is 2.50. The third-order valence-electron chi connectivity index (χ3n) is 3.65. The van der Waals surface area contributed by atoms with Gasteiger partial charge in [0.05, 0.1) is 22.3 Å². The van der Waals surface area contributed by atoms with Crippen LogP contribution in [0.2, 0.25) is 0 Å². The Morgan fingerprint density at radius 2 is 1.21 bits per heavy atom. The molecule has 0 heterocycles. The molecule has 0 atom stereocenters. The molecule has 0 aromatic heterocycles. The summed E-state index contributed by atoms with van der Waals surface area (Å²) >= 11 is 0. The third-order valence-corrected chi connectivity index (χ3v) is 3.65. The number of fused-ring (bicyclic) bond motifs is 1. The topological polar surface area (TPSA) is 149 Å². The van der Waals surface area contributed by atoms with Crippen LogP contribution in [0.1, 0.15) is 53.9 Å². The van der Waals surface area contributed by atoms with Crippen molar-refractivity contribution >= 4 is 34.6 Å². The van der Waals surface area contributed by atoms with Gasteiger partial charge in [-0.3, -0.25) is 0 Å². The summed E-state index contributed by atoms with van der Waals surface area (Å²) in [6, 6.07) is 3.00. The molecule has 4 N–H and O–H groups in total. The van der Waals surface area contributed by atoms with Crippen LogP contribution < -0.4 is 0 Å². The van der Waals surface area contributed by atoms with E-state index in [4.69, 9.17) is 0 Å². The molecule has 0 fully saturated rings. The zero-order chi connectivity index (χ0) is 18.2. The minimum absolute atomic E-state index is 0.109. The Hall–Kier alpha value is -3.42. The highest BCUT2D eigenvalue weighted by Crippen LogP contribution is 2.33. The number of carboxylic acid groups (broad SMARTS) is 4. The highest BCUT2D eigenvalue weighted by atomic mass is 16.4. The van der Waals surface area contributed by atoms with Gasteiger partial charge in [-0.15, -0.1) is 0 Å². The summed E-state index contributed by atoms with van der Waals surface area (Å²) in [7, 11) is 0. The zero-order valence-corrected chi connectivity index (χ0v) is 12.4. The van der Waals surface area contributed by atoms with Crippen LogP contribution >= 0.6 is 0 Å². The van der Waals surface area contributed by atoms with Crippen molar-refractivity contribution in [1.29, 1.82) is 0 Å². The summed E-state index contributed by atoms with van der Waals surface area (Å²) in [5, 5.41) is 36.7. The number of carboxylic acids is 4. The molecule has 0 saturated heterocycles. The third kappa shape index (κ3) is 2.54. The fourth-order valence-electron chi connectivity index (χ4n) is 2.67. The second-order valence-electron chi connectivity index (χ2n) is 4.94. The standard InChI is InChI=1S/C16H12O8/c1-2-6-5-9(15(21)22)11-7(13(17)18)3-4-8(14(19)20)12(11)10(6)16(23)24/h3-5H,2H2,1H3,(H,17,18)(H,19,20)(H,21,22)(H,23,24). The molecule has 0 amide bonds. The summed E-state index contributed by atoms with van der Waals surface area (Å²) < 4.78 is 0. The molecular weight excluding hydrogens is 320 g/mol. The van der Waals surface area contributed by atoms with Gasteiger partial charge in [0, 0.05) is 10.8 Å². The molecule has 24 heavy (non-hydrogen) atoms. The minimum atomic E-state index is -1.49. The van der Waals surface area contributed by atoms with Crippen LogP contribution in [0, 0.1) is 0 Å². The SMILES string of the molecule is CCc1cc(C(=O)O)c2c(C(=O)O)ccc(C(=O)O)c2c1C(=O)O. The molecule has 0 aliphatic carbocycles. The van der Waals surface area contributed by atoms with Gasteiger partial charge in [-0.25, -0.2) is 19.2 Å². The van der Waals surface area contributed by atoms with E-state index in [1.807, 2.05) is 0 Å². The van der Waals surface area contributed by atoms with E-state index in [9.17, 15) is 39.6 Å². The van der Waals surface area contributed by atoms with Crippen molar-refractivity contribution in [3.8, 4) is 0 Å². The van der Waals surface area contributed by atoms with Crippen molar-refractivity contribution in [1.82, 2.24) is 0 Å². The molecule has 0 aliphatic heterocycles. The van der Waals surface area contributed by atoms with Gasteiger partial charge in [0.2, 0.25) is 0 Å². The Kier molecular flexibility index (Phi) is 4.23. The molecule has 2 rings (SSSR count). The normalized spacial score (nSPS) is 10.5. The van der Waals surface area contributed by atoms with Crippen LogP contribution in [0.25, 0.3) is 10.8 Å².